The molecular formula is C21H16ClFN2O2S. The van der Waals surface area contributed by atoms with E-state index in [1.54, 1.807) is 41.8 Å². The first-order valence-electron chi connectivity index (χ1n) is 8.35. The van der Waals surface area contributed by atoms with E-state index in [1.165, 1.54) is 28.4 Å². The summed E-state index contributed by atoms with van der Waals surface area (Å²) in [6.07, 6.45) is 5.40. The summed E-state index contributed by atoms with van der Waals surface area (Å²) in [7, 11) is 0. The van der Waals surface area contributed by atoms with Crippen molar-refractivity contribution in [2.45, 2.75) is 13.2 Å². The number of benzene rings is 2. The smallest absolute Gasteiger partial charge is 0.274 e. The number of carbonyl (C=O) groups is 1. The molecule has 4 nitrogen and oxygen atoms in total. The van der Waals surface area contributed by atoms with E-state index >= 15 is 0 Å². The van der Waals surface area contributed by atoms with Crippen LogP contribution in [0.5, 0.6) is 5.75 Å². The van der Waals surface area contributed by atoms with Crippen molar-refractivity contribution in [2.75, 3.05) is 6.54 Å². The quantitative estimate of drug-likeness (QED) is 0.522. The van der Waals surface area contributed by atoms with E-state index in [-0.39, 0.29) is 31.4 Å². The Morgan fingerprint density at radius 2 is 1.93 bits per heavy atom. The molecule has 1 aromatic heterocycles. The molecule has 28 heavy (non-hydrogen) atoms. The molecule has 0 radical (unpaired) electrons. The molecule has 1 amide bonds. The lowest BCUT2D eigenvalue weighted by Gasteiger charge is -2.19. The zero-order chi connectivity index (χ0) is 19.9. The number of nitrogens with zero attached hydrogens (tertiary/aromatic N) is 2. The summed E-state index contributed by atoms with van der Waals surface area (Å²) in [5.74, 6) is 2.53. The van der Waals surface area contributed by atoms with Gasteiger partial charge in [-0.25, -0.2) is 9.37 Å². The van der Waals surface area contributed by atoms with Crippen LogP contribution in [-0.4, -0.2) is 22.3 Å². The summed E-state index contributed by atoms with van der Waals surface area (Å²) in [6, 6.07) is 12.9. The molecule has 2 aromatic carbocycles. The van der Waals surface area contributed by atoms with Gasteiger partial charge in [-0.15, -0.1) is 17.8 Å². The molecule has 7 heteroatoms. The van der Waals surface area contributed by atoms with Crippen LogP contribution in [0.3, 0.4) is 0 Å². The largest absolute Gasteiger partial charge is 0.486 e. The summed E-state index contributed by atoms with van der Waals surface area (Å²) in [4.78, 5) is 18.6. The molecule has 0 fully saturated rings. The standard InChI is InChI=1S/C21H16ClFN2O2S/c1-2-11-25(12-15-3-7-17(23)8-4-15)21(26)19-14-28-20(24-19)13-27-18-9-5-16(22)6-10-18/h1,3-10,14H,11-13H2. The van der Waals surface area contributed by atoms with Gasteiger partial charge in [-0.3, -0.25) is 4.79 Å². The molecule has 0 aliphatic carbocycles. The van der Waals surface area contributed by atoms with Crippen LogP contribution in [0.4, 0.5) is 4.39 Å². The van der Waals surface area contributed by atoms with E-state index in [1.807, 2.05) is 0 Å². The van der Waals surface area contributed by atoms with Gasteiger partial charge in [0.2, 0.25) is 0 Å². The van der Waals surface area contributed by atoms with E-state index in [9.17, 15) is 9.18 Å². The first-order chi connectivity index (χ1) is 13.5. The van der Waals surface area contributed by atoms with Crippen molar-refractivity contribution in [3.05, 3.63) is 81.0 Å². The van der Waals surface area contributed by atoms with Crippen LogP contribution in [0.25, 0.3) is 0 Å². The van der Waals surface area contributed by atoms with E-state index in [4.69, 9.17) is 22.8 Å². The Morgan fingerprint density at radius 3 is 2.61 bits per heavy atom. The molecule has 0 saturated heterocycles. The van der Waals surface area contributed by atoms with Crippen molar-refractivity contribution in [3.63, 3.8) is 0 Å². The number of carbonyl (C=O) groups excluding carboxylic acids is 1. The number of rotatable bonds is 7. The first kappa shape index (κ1) is 19.9. The SMILES string of the molecule is C#CCN(Cc1ccc(F)cc1)C(=O)c1csc(COc2ccc(Cl)cc2)n1. The number of ether oxygens (including phenoxy) is 1. The van der Waals surface area contributed by atoms with Crippen molar-refractivity contribution < 1.29 is 13.9 Å². The van der Waals surface area contributed by atoms with Gasteiger partial charge < -0.3 is 9.64 Å². The van der Waals surface area contributed by atoms with Crippen LogP contribution in [-0.2, 0) is 13.2 Å². The molecule has 0 N–H and O–H groups in total. The second kappa shape index (κ2) is 9.36. The van der Waals surface area contributed by atoms with Crippen molar-refractivity contribution in [2.24, 2.45) is 0 Å². The second-order valence-corrected chi connectivity index (χ2v) is 7.24. The number of thiazole rings is 1. The number of terminal acetylenes is 1. The molecule has 3 aromatic rings. The lowest BCUT2D eigenvalue weighted by Crippen LogP contribution is -2.31. The summed E-state index contributed by atoms with van der Waals surface area (Å²) in [6.45, 7) is 0.647. The van der Waals surface area contributed by atoms with Crippen LogP contribution < -0.4 is 4.74 Å². The predicted molar refractivity (Wildman–Crippen MR) is 108 cm³/mol. The molecule has 0 saturated carbocycles. The molecule has 142 valence electrons. The highest BCUT2D eigenvalue weighted by molar-refractivity contribution is 7.09. The van der Waals surface area contributed by atoms with Crippen LogP contribution in [0, 0.1) is 18.2 Å². The number of halogens is 2. The lowest BCUT2D eigenvalue weighted by molar-refractivity contribution is 0.0760. The minimum Gasteiger partial charge on any atom is -0.486 e. The highest BCUT2D eigenvalue weighted by Gasteiger charge is 2.19. The molecule has 3 rings (SSSR count). The molecule has 0 bridgehead atoms. The average Bonchev–Trinajstić information content (AvgIpc) is 3.17. The fraction of sp³-hybridized carbons (Fsp3) is 0.143. The fourth-order valence-corrected chi connectivity index (χ4v) is 3.24. The zero-order valence-electron chi connectivity index (χ0n) is 14.8. The fourth-order valence-electron chi connectivity index (χ4n) is 2.43. The molecule has 0 spiro atoms. The maximum Gasteiger partial charge on any atom is 0.274 e. The Labute approximate surface area is 171 Å². The zero-order valence-corrected chi connectivity index (χ0v) is 16.3. The number of hydrogen-bond acceptors (Lipinski definition) is 4. The van der Waals surface area contributed by atoms with Crippen molar-refractivity contribution in [1.29, 1.82) is 0 Å². The van der Waals surface area contributed by atoms with Gasteiger partial charge in [-0.2, -0.15) is 0 Å². The third-order valence-corrected chi connectivity index (χ3v) is 4.88. The predicted octanol–water partition coefficient (Wildman–Crippen LogP) is 4.79. The van der Waals surface area contributed by atoms with Gasteiger partial charge in [0.25, 0.3) is 5.91 Å². The molecule has 0 aliphatic rings. The third-order valence-electron chi connectivity index (χ3n) is 3.80. The minimum absolute atomic E-state index is 0.129. The van der Waals surface area contributed by atoms with Crippen molar-refractivity contribution in [3.8, 4) is 18.1 Å². The van der Waals surface area contributed by atoms with E-state index in [2.05, 4.69) is 10.9 Å². The molecule has 0 aliphatic heterocycles. The third kappa shape index (κ3) is 5.32. The summed E-state index contributed by atoms with van der Waals surface area (Å²) < 4.78 is 18.7. The maximum atomic E-state index is 13.1. The second-order valence-electron chi connectivity index (χ2n) is 5.86. The van der Waals surface area contributed by atoms with Crippen molar-refractivity contribution in [1.82, 2.24) is 9.88 Å². The van der Waals surface area contributed by atoms with Gasteiger partial charge in [0.15, 0.2) is 0 Å². The summed E-state index contributed by atoms with van der Waals surface area (Å²) >= 11 is 7.18. The van der Waals surface area contributed by atoms with Gasteiger partial charge in [0.05, 0.1) is 6.54 Å². The topological polar surface area (TPSA) is 42.4 Å². The van der Waals surface area contributed by atoms with E-state index < -0.39 is 0 Å². The lowest BCUT2D eigenvalue weighted by atomic mass is 10.2. The van der Waals surface area contributed by atoms with Crippen LogP contribution in [0.2, 0.25) is 5.02 Å². The molecular weight excluding hydrogens is 399 g/mol. The Hall–Kier alpha value is -2.88. The Morgan fingerprint density at radius 1 is 1.21 bits per heavy atom. The summed E-state index contributed by atoms with van der Waals surface area (Å²) in [5.41, 5.74) is 1.09. The van der Waals surface area contributed by atoms with Gasteiger partial charge in [-0.05, 0) is 42.0 Å². The normalized spacial score (nSPS) is 10.3. The Bertz CT molecular complexity index is 981. The van der Waals surface area contributed by atoms with Crippen LogP contribution >= 0.6 is 22.9 Å². The monoisotopic (exact) mass is 414 g/mol. The van der Waals surface area contributed by atoms with Gasteiger partial charge in [0.1, 0.15) is 28.9 Å². The molecule has 1 heterocycles. The Kier molecular flexibility index (Phi) is 6.64. The van der Waals surface area contributed by atoms with Gasteiger partial charge in [0, 0.05) is 16.9 Å². The van der Waals surface area contributed by atoms with E-state index in [0.717, 1.165) is 5.56 Å². The van der Waals surface area contributed by atoms with Crippen LogP contribution in [0.15, 0.2) is 53.9 Å². The number of aromatic nitrogens is 1. The van der Waals surface area contributed by atoms with Gasteiger partial charge >= 0.3 is 0 Å². The molecule has 0 atom stereocenters. The van der Waals surface area contributed by atoms with Gasteiger partial charge in [-0.1, -0.05) is 29.7 Å². The summed E-state index contributed by atoms with van der Waals surface area (Å²) in [5, 5.41) is 2.97. The van der Waals surface area contributed by atoms with Crippen LogP contribution in [0.1, 0.15) is 21.1 Å². The molecule has 0 unspecified atom stereocenters. The van der Waals surface area contributed by atoms with Crippen molar-refractivity contribution >= 4 is 28.8 Å². The Balaban J connectivity index is 1.65. The number of amides is 1. The maximum absolute atomic E-state index is 13.1. The highest BCUT2D eigenvalue weighted by Crippen LogP contribution is 2.19. The first-order valence-corrected chi connectivity index (χ1v) is 9.61. The van der Waals surface area contributed by atoms with E-state index in [0.29, 0.717) is 21.5 Å². The average molecular weight is 415 g/mol. The minimum atomic E-state index is -0.330. The number of hydrogen-bond donors (Lipinski definition) is 0. The highest BCUT2D eigenvalue weighted by atomic mass is 35.5.